The first kappa shape index (κ1) is 23.7. The minimum Gasteiger partial charge on any atom is -0.360 e. The van der Waals surface area contributed by atoms with Crippen molar-refractivity contribution in [2.45, 2.75) is 13.8 Å². The summed E-state index contributed by atoms with van der Waals surface area (Å²) in [5.41, 5.74) is 1.51. The van der Waals surface area contributed by atoms with E-state index in [2.05, 4.69) is 52.9 Å². The van der Waals surface area contributed by atoms with Gasteiger partial charge in [-0.25, -0.2) is 19.7 Å². The van der Waals surface area contributed by atoms with E-state index in [4.69, 9.17) is 4.52 Å². The van der Waals surface area contributed by atoms with E-state index in [1.807, 2.05) is 37.3 Å². The highest BCUT2D eigenvalue weighted by molar-refractivity contribution is 7.19. The van der Waals surface area contributed by atoms with E-state index in [-0.39, 0.29) is 0 Å². The van der Waals surface area contributed by atoms with Crippen molar-refractivity contribution in [3.05, 3.63) is 54.2 Å². The fraction of sp³-hybridized carbons (Fsp3) is 0.292. The van der Waals surface area contributed by atoms with Gasteiger partial charge in [0.05, 0.1) is 10.6 Å². The van der Waals surface area contributed by atoms with Gasteiger partial charge in [0.1, 0.15) is 23.2 Å². The standard InChI is InChI=1S/C24H27N9O2S/c1-15-12-21(31-35-15)29-23(34)28-18-7-5-4-6-17(18)19-14-25-24(36-19)30-20-13-22(27-16(2)26-20)33-10-8-32(3)9-11-33/h4-7,12-14H,8-11H2,1-3H3,(H,25,26,27,30)(H2,28,29,31,34). The van der Waals surface area contributed by atoms with Crippen LogP contribution in [-0.2, 0) is 0 Å². The number of nitrogens with one attached hydrogen (secondary N) is 3. The molecule has 0 radical (unpaired) electrons. The molecule has 1 aliphatic rings. The molecular weight excluding hydrogens is 478 g/mol. The second kappa shape index (κ2) is 10.3. The quantitative estimate of drug-likeness (QED) is 0.351. The summed E-state index contributed by atoms with van der Waals surface area (Å²) in [6.07, 6.45) is 1.78. The van der Waals surface area contributed by atoms with Crippen LogP contribution in [0.25, 0.3) is 10.4 Å². The molecule has 1 fully saturated rings. The third kappa shape index (κ3) is 5.61. The summed E-state index contributed by atoms with van der Waals surface area (Å²) >= 11 is 1.48. The van der Waals surface area contributed by atoms with Crippen LogP contribution >= 0.6 is 11.3 Å². The monoisotopic (exact) mass is 505 g/mol. The zero-order valence-electron chi connectivity index (χ0n) is 20.3. The number of hydrogen-bond acceptors (Lipinski definition) is 10. The van der Waals surface area contributed by atoms with Crippen LogP contribution < -0.4 is 20.9 Å². The molecule has 12 heteroatoms. The molecule has 0 unspecified atom stereocenters. The van der Waals surface area contributed by atoms with E-state index >= 15 is 0 Å². The summed E-state index contributed by atoms with van der Waals surface area (Å²) < 4.78 is 4.99. The first-order valence-electron chi connectivity index (χ1n) is 11.6. The molecule has 0 aliphatic carbocycles. The Labute approximate surface area is 212 Å². The number of benzene rings is 1. The van der Waals surface area contributed by atoms with Gasteiger partial charge in [-0.05, 0) is 27.0 Å². The molecule has 0 atom stereocenters. The van der Waals surface area contributed by atoms with Gasteiger partial charge in [0.15, 0.2) is 10.9 Å². The lowest BCUT2D eigenvalue weighted by Gasteiger charge is -2.33. The second-order valence-corrected chi connectivity index (χ2v) is 9.58. The first-order valence-corrected chi connectivity index (χ1v) is 12.4. The molecule has 5 rings (SSSR count). The first-order chi connectivity index (χ1) is 17.4. The largest absolute Gasteiger partial charge is 0.360 e. The summed E-state index contributed by atoms with van der Waals surface area (Å²) in [5, 5.41) is 13.4. The number of aromatic nitrogens is 4. The SMILES string of the molecule is Cc1nc(Nc2ncc(-c3ccccc3NC(=O)Nc3cc(C)on3)s2)cc(N2CCN(C)CC2)n1. The highest BCUT2D eigenvalue weighted by atomic mass is 32.1. The molecule has 11 nitrogen and oxygen atoms in total. The fourth-order valence-electron chi connectivity index (χ4n) is 3.88. The molecule has 0 spiro atoms. The highest BCUT2D eigenvalue weighted by Gasteiger charge is 2.17. The van der Waals surface area contributed by atoms with Gasteiger partial charge in [0, 0.05) is 50.1 Å². The van der Waals surface area contributed by atoms with E-state index in [0.29, 0.717) is 34.0 Å². The number of carbonyl (C=O) groups is 1. The van der Waals surface area contributed by atoms with Crippen LogP contribution in [0.3, 0.4) is 0 Å². The molecule has 1 saturated heterocycles. The van der Waals surface area contributed by atoms with Crippen molar-refractivity contribution in [1.82, 2.24) is 25.0 Å². The van der Waals surface area contributed by atoms with Crippen molar-refractivity contribution >= 4 is 45.6 Å². The predicted octanol–water partition coefficient (Wildman–Crippen LogP) is 4.34. The van der Waals surface area contributed by atoms with Crippen LogP contribution in [0, 0.1) is 13.8 Å². The van der Waals surface area contributed by atoms with Crippen LogP contribution in [-0.4, -0.2) is 64.3 Å². The van der Waals surface area contributed by atoms with E-state index in [1.54, 1.807) is 19.2 Å². The molecule has 0 saturated carbocycles. The Morgan fingerprint density at radius 1 is 1.03 bits per heavy atom. The van der Waals surface area contributed by atoms with E-state index in [9.17, 15) is 4.79 Å². The number of para-hydroxylation sites is 1. The zero-order valence-corrected chi connectivity index (χ0v) is 21.1. The Balaban J connectivity index is 1.30. The van der Waals surface area contributed by atoms with Crippen molar-refractivity contribution in [2.75, 3.05) is 54.1 Å². The summed E-state index contributed by atoms with van der Waals surface area (Å²) in [6.45, 7) is 7.53. The molecule has 186 valence electrons. The Bertz CT molecular complexity index is 1360. The molecule has 3 aromatic heterocycles. The van der Waals surface area contributed by atoms with Gasteiger partial charge >= 0.3 is 6.03 Å². The number of thiazole rings is 1. The number of aryl methyl sites for hydroxylation is 2. The van der Waals surface area contributed by atoms with Gasteiger partial charge in [-0.1, -0.05) is 34.7 Å². The van der Waals surface area contributed by atoms with Gasteiger partial charge in [-0.3, -0.25) is 5.32 Å². The second-order valence-electron chi connectivity index (χ2n) is 8.55. The average molecular weight is 506 g/mol. The number of amides is 2. The van der Waals surface area contributed by atoms with Crippen LogP contribution in [0.15, 0.2) is 47.1 Å². The molecular formula is C24H27N9O2S. The highest BCUT2D eigenvalue weighted by Crippen LogP contribution is 2.35. The molecule has 1 aliphatic heterocycles. The van der Waals surface area contributed by atoms with Gasteiger partial charge in [-0.2, -0.15) is 0 Å². The summed E-state index contributed by atoms with van der Waals surface area (Å²) in [6, 6.07) is 10.8. The molecule has 36 heavy (non-hydrogen) atoms. The topological polar surface area (TPSA) is 124 Å². The van der Waals surface area contributed by atoms with Crippen molar-refractivity contribution in [3.63, 3.8) is 0 Å². The Morgan fingerprint density at radius 2 is 1.83 bits per heavy atom. The third-order valence-electron chi connectivity index (χ3n) is 5.70. The minimum atomic E-state index is -0.411. The van der Waals surface area contributed by atoms with Crippen LogP contribution in [0.4, 0.5) is 33.1 Å². The van der Waals surface area contributed by atoms with E-state index in [0.717, 1.165) is 42.4 Å². The third-order valence-corrected chi connectivity index (χ3v) is 6.65. The number of carbonyl (C=O) groups excluding carboxylic acids is 1. The van der Waals surface area contributed by atoms with Gasteiger partial charge < -0.3 is 25.0 Å². The van der Waals surface area contributed by atoms with Gasteiger partial charge in [0.2, 0.25) is 0 Å². The summed E-state index contributed by atoms with van der Waals surface area (Å²) in [7, 11) is 2.13. The van der Waals surface area contributed by atoms with Crippen molar-refractivity contribution in [1.29, 1.82) is 0 Å². The molecule has 4 heterocycles. The van der Waals surface area contributed by atoms with E-state index < -0.39 is 6.03 Å². The maximum atomic E-state index is 12.5. The molecule has 3 N–H and O–H groups in total. The van der Waals surface area contributed by atoms with Crippen LogP contribution in [0.1, 0.15) is 11.6 Å². The smallest absolute Gasteiger partial charge is 0.324 e. The normalized spacial score (nSPS) is 14.0. The number of hydrogen-bond donors (Lipinski definition) is 3. The molecule has 2 amide bonds. The lowest BCUT2D eigenvalue weighted by Crippen LogP contribution is -2.44. The van der Waals surface area contributed by atoms with Crippen molar-refractivity contribution in [3.8, 4) is 10.4 Å². The van der Waals surface area contributed by atoms with Crippen LogP contribution in [0.2, 0.25) is 0 Å². The molecule has 4 aromatic rings. The molecule has 1 aromatic carbocycles. The van der Waals surface area contributed by atoms with Gasteiger partial charge in [0.25, 0.3) is 0 Å². The van der Waals surface area contributed by atoms with Crippen LogP contribution in [0.5, 0.6) is 0 Å². The number of nitrogens with zero attached hydrogens (tertiary/aromatic N) is 6. The Morgan fingerprint density at radius 3 is 2.61 bits per heavy atom. The lowest BCUT2D eigenvalue weighted by atomic mass is 10.1. The van der Waals surface area contributed by atoms with Crippen molar-refractivity contribution < 1.29 is 9.32 Å². The van der Waals surface area contributed by atoms with E-state index in [1.165, 1.54) is 11.3 Å². The maximum Gasteiger partial charge on any atom is 0.324 e. The summed E-state index contributed by atoms with van der Waals surface area (Å²) in [4.78, 5) is 31.7. The zero-order chi connectivity index (χ0) is 25.1. The molecule has 0 bridgehead atoms. The average Bonchev–Trinajstić information content (AvgIpc) is 3.48. The Hall–Kier alpha value is -4.03. The summed E-state index contributed by atoms with van der Waals surface area (Å²) in [5.74, 6) is 3.28. The Kier molecular flexibility index (Phi) is 6.78. The number of likely N-dealkylation sites (N-methyl/N-ethyl adjacent to an activating group) is 1. The van der Waals surface area contributed by atoms with Gasteiger partial charge in [-0.15, -0.1) is 0 Å². The number of urea groups is 1. The lowest BCUT2D eigenvalue weighted by molar-refractivity contribution is 0.262. The minimum absolute atomic E-state index is 0.350. The maximum absolute atomic E-state index is 12.5. The number of piperazine rings is 1. The number of anilines is 5. The fourth-order valence-corrected chi connectivity index (χ4v) is 4.74. The van der Waals surface area contributed by atoms with Crippen molar-refractivity contribution in [2.24, 2.45) is 0 Å². The number of rotatable bonds is 6. The predicted molar refractivity (Wildman–Crippen MR) is 141 cm³/mol.